The third kappa shape index (κ3) is 2.20. The van der Waals surface area contributed by atoms with Gasteiger partial charge in [0.25, 0.3) is 0 Å². The summed E-state index contributed by atoms with van der Waals surface area (Å²) in [5.74, 6) is -0.404. The molecule has 2 aromatic heterocycles. The highest BCUT2D eigenvalue weighted by atomic mass is 16.5. The number of hydrogen-bond acceptors (Lipinski definition) is 4. The van der Waals surface area contributed by atoms with E-state index in [1.807, 2.05) is 20.0 Å². The van der Waals surface area contributed by atoms with E-state index >= 15 is 0 Å². The Hall–Kier alpha value is -2.11. The fraction of sp³-hybridized carbons (Fsp3) is 0.364. The Balaban J connectivity index is 2.26. The zero-order chi connectivity index (χ0) is 12.4. The van der Waals surface area contributed by atoms with Gasteiger partial charge in [-0.1, -0.05) is 0 Å². The number of carbonyl (C=O) groups is 1. The number of carbonyl (C=O) groups excluding carboxylic acids is 1. The van der Waals surface area contributed by atoms with Crippen molar-refractivity contribution in [2.45, 2.75) is 13.8 Å². The van der Waals surface area contributed by atoms with Crippen LogP contribution in [0.15, 0.2) is 12.1 Å². The Labute approximate surface area is 98.6 Å². The Morgan fingerprint density at radius 3 is 2.82 bits per heavy atom. The van der Waals surface area contributed by atoms with Crippen LogP contribution in [0.4, 0.5) is 0 Å². The molecule has 6 nitrogen and oxygen atoms in total. The maximum absolute atomic E-state index is 11.4. The molecule has 0 saturated carbocycles. The summed E-state index contributed by atoms with van der Waals surface area (Å²) in [6.45, 7) is 4.06. The van der Waals surface area contributed by atoms with Gasteiger partial charge in [-0.15, -0.1) is 0 Å². The second-order valence-corrected chi connectivity index (χ2v) is 3.68. The Morgan fingerprint density at radius 1 is 1.47 bits per heavy atom. The molecule has 0 aliphatic rings. The SMILES string of the molecule is CCOC(=O)c1cc(-c2cc(C)n(C)n2)n[nH]1. The van der Waals surface area contributed by atoms with Crippen LogP contribution in [0, 0.1) is 6.92 Å². The van der Waals surface area contributed by atoms with Gasteiger partial charge in [0.05, 0.1) is 6.61 Å². The van der Waals surface area contributed by atoms with Crippen molar-refractivity contribution in [3.8, 4) is 11.4 Å². The lowest BCUT2D eigenvalue weighted by Crippen LogP contribution is -2.04. The summed E-state index contributed by atoms with van der Waals surface area (Å²) in [4.78, 5) is 11.4. The molecule has 6 heteroatoms. The first-order chi connectivity index (χ1) is 8.11. The zero-order valence-electron chi connectivity index (χ0n) is 10.0. The van der Waals surface area contributed by atoms with Crippen molar-refractivity contribution in [3.05, 3.63) is 23.5 Å². The number of ether oxygens (including phenoxy) is 1. The third-order valence-corrected chi connectivity index (χ3v) is 2.45. The van der Waals surface area contributed by atoms with Crippen molar-refractivity contribution in [2.75, 3.05) is 6.61 Å². The summed E-state index contributed by atoms with van der Waals surface area (Å²) in [6, 6.07) is 3.55. The molecular formula is C11H14N4O2. The number of nitrogens with zero attached hydrogens (tertiary/aromatic N) is 3. The van der Waals surface area contributed by atoms with E-state index in [2.05, 4.69) is 15.3 Å². The average molecular weight is 234 g/mol. The zero-order valence-corrected chi connectivity index (χ0v) is 10.0. The molecule has 0 aliphatic carbocycles. The van der Waals surface area contributed by atoms with Crippen LogP contribution in [0.2, 0.25) is 0 Å². The standard InChI is InChI=1S/C11H14N4O2/c1-4-17-11(16)10-6-8(12-13-10)9-5-7(2)15(3)14-9/h5-6H,4H2,1-3H3,(H,12,13). The summed E-state index contributed by atoms with van der Waals surface area (Å²) in [6.07, 6.45) is 0. The molecule has 0 saturated heterocycles. The smallest absolute Gasteiger partial charge is 0.356 e. The van der Waals surface area contributed by atoms with Crippen LogP contribution in [0.1, 0.15) is 23.1 Å². The highest BCUT2D eigenvalue weighted by Crippen LogP contribution is 2.17. The van der Waals surface area contributed by atoms with E-state index in [1.165, 1.54) is 0 Å². The van der Waals surface area contributed by atoms with E-state index in [0.717, 1.165) is 11.4 Å². The number of aryl methyl sites for hydroxylation is 2. The van der Waals surface area contributed by atoms with Gasteiger partial charge < -0.3 is 4.74 Å². The first-order valence-corrected chi connectivity index (χ1v) is 5.35. The first kappa shape index (κ1) is 11.4. The van der Waals surface area contributed by atoms with Crippen LogP contribution in [-0.4, -0.2) is 32.6 Å². The normalized spacial score (nSPS) is 10.5. The lowest BCUT2D eigenvalue weighted by atomic mass is 10.2. The monoisotopic (exact) mass is 234 g/mol. The van der Waals surface area contributed by atoms with E-state index in [9.17, 15) is 4.79 Å². The van der Waals surface area contributed by atoms with Crippen molar-refractivity contribution >= 4 is 5.97 Å². The Kier molecular flexibility index (Phi) is 2.95. The van der Waals surface area contributed by atoms with Crippen LogP contribution in [0.5, 0.6) is 0 Å². The molecule has 2 rings (SSSR count). The number of aromatic amines is 1. The molecule has 0 radical (unpaired) electrons. The Bertz CT molecular complexity index is 522. The van der Waals surface area contributed by atoms with Crippen molar-refractivity contribution in [3.63, 3.8) is 0 Å². The predicted molar refractivity (Wildman–Crippen MR) is 61.5 cm³/mol. The van der Waals surface area contributed by atoms with E-state index in [1.54, 1.807) is 17.7 Å². The second-order valence-electron chi connectivity index (χ2n) is 3.68. The highest BCUT2D eigenvalue weighted by molar-refractivity contribution is 5.88. The molecule has 2 aromatic rings. The maximum Gasteiger partial charge on any atom is 0.356 e. The molecule has 0 amide bonds. The molecule has 0 fully saturated rings. The minimum absolute atomic E-state index is 0.338. The molecule has 2 heterocycles. The van der Waals surface area contributed by atoms with Gasteiger partial charge in [-0.3, -0.25) is 9.78 Å². The summed E-state index contributed by atoms with van der Waals surface area (Å²) in [7, 11) is 1.86. The lowest BCUT2D eigenvalue weighted by molar-refractivity contribution is 0.0519. The van der Waals surface area contributed by atoms with Crippen molar-refractivity contribution in [2.24, 2.45) is 7.05 Å². The predicted octanol–water partition coefficient (Wildman–Crippen LogP) is 1.30. The number of rotatable bonds is 3. The van der Waals surface area contributed by atoms with E-state index in [-0.39, 0.29) is 0 Å². The first-order valence-electron chi connectivity index (χ1n) is 5.35. The largest absolute Gasteiger partial charge is 0.461 e. The fourth-order valence-electron chi connectivity index (χ4n) is 1.45. The van der Waals surface area contributed by atoms with Crippen molar-refractivity contribution < 1.29 is 9.53 Å². The molecule has 17 heavy (non-hydrogen) atoms. The van der Waals surface area contributed by atoms with Crippen LogP contribution in [0.3, 0.4) is 0 Å². The van der Waals surface area contributed by atoms with Crippen LogP contribution < -0.4 is 0 Å². The molecule has 0 bridgehead atoms. The average Bonchev–Trinajstić information content (AvgIpc) is 2.87. The summed E-state index contributed by atoms with van der Waals surface area (Å²) in [5, 5.41) is 11.0. The molecule has 0 aromatic carbocycles. The number of aromatic nitrogens is 4. The third-order valence-electron chi connectivity index (χ3n) is 2.45. The lowest BCUT2D eigenvalue weighted by Gasteiger charge is -1.95. The molecule has 1 N–H and O–H groups in total. The van der Waals surface area contributed by atoms with E-state index in [4.69, 9.17) is 4.74 Å². The van der Waals surface area contributed by atoms with Gasteiger partial charge in [0, 0.05) is 18.8 Å². The minimum atomic E-state index is -0.404. The van der Waals surface area contributed by atoms with Gasteiger partial charge in [0.1, 0.15) is 17.1 Å². The number of hydrogen-bond donors (Lipinski definition) is 1. The quantitative estimate of drug-likeness (QED) is 0.812. The minimum Gasteiger partial charge on any atom is -0.461 e. The van der Waals surface area contributed by atoms with Gasteiger partial charge in [-0.05, 0) is 19.9 Å². The van der Waals surface area contributed by atoms with Gasteiger partial charge in [-0.2, -0.15) is 10.2 Å². The van der Waals surface area contributed by atoms with Crippen molar-refractivity contribution in [1.82, 2.24) is 20.0 Å². The van der Waals surface area contributed by atoms with Gasteiger partial charge in [0.15, 0.2) is 0 Å². The van der Waals surface area contributed by atoms with E-state index < -0.39 is 5.97 Å². The summed E-state index contributed by atoms with van der Waals surface area (Å²) in [5.41, 5.74) is 2.74. The highest BCUT2D eigenvalue weighted by Gasteiger charge is 2.13. The molecule has 0 spiro atoms. The fourth-order valence-corrected chi connectivity index (χ4v) is 1.45. The molecule has 0 unspecified atom stereocenters. The summed E-state index contributed by atoms with van der Waals surface area (Å²) >= 11 is 0. The molecule has 0 atom stereocenters. The number of H-pyrrole nitrogens is 1. The van der Waals surface area contributed by atoms with Gasteiger partial charge in [0.2, 0.25) is 0 Å². The number of esters is 1. The molecule has 90 valence electrons. The summed E-state index contributed by atoms with van der Waals surface area (Å²) < 4.78 is 6.63. The topological polar surface area (TPSA) is 72.8 Å². The maximum atomic E-state index is 11.4. The van der Waals surface area contributed by atoms with Crippen LogP contribution in [0.25, 0.3) is 11.4 Å². The van der Waals surface area contributed by atoms with Gasteiger partial charge in [-0.25, -0.2) is 4.79 Å². The Morgan fingerprint density at radius 2 is 2.24 bits per heavy atom. The second kappa shape index (κ2) is 4.40. The molecule has 0 aliphatic heterocycles. The van der Waals surface area contributed by atoms with Crippen molar-refractivity contribution in [1.29, 1.82) is 0 Å². The van der Waals surface area contributed by atoms with Gasteiger partial charge >= 0.3 is 5.97 Å². The molecular weight excluding hydrogens is 220 g/mol. The van der Waals surface area contributed by atoms with Crippen LogP contribution >= 0.6 is 0 Å². The van der Waals surface area contributed by atoms with Crippen LogP contribution in [-0.2, 0) is 11.8 Å². The number of nitrogens with one attached hydrogen (secondary N) is 1. The van der Waals surface area contributed by atoms with E-state index in [0.29, 0.717) is 18.0 Å².